The molecule has 0 saturated carbocycles. The van der Waals surface area contributed by atoms with E-state index in [4.69, 9.17) is 0 Å². The van der Waals surface area contributed by atoms with E-state index in [9.17, 15) is 9.59 Å². The Morgan fingerprint density at radius 2 is 2.19 bits per heavy atom. The summed E-state index contributed by atoms with van der Waals surface area (Å²) in [4.78, 5) is 22.9. The first-order valence-electron chi connectivity index (χ1n) is 6.41. The van der Waals surface area contributed by atoms with Gasteiger partial charge in [0.1, 0.15) is 0 Å². The summed E-state index contributed by atoms with van der Waals surface area (Å²) in [5.74, 6) is 5.91. The molecule has 1 aliphatic rings. The van der Waals surface area contributed by atoms with Gasteiger partial charge in [-0.1, -0.05) is 18.1 Å². The van der Waals surface area contributed by atoms with Crippen molar-refractivity contribution in [2.45, 2.75) is 13.5 Å². The molecule has 21 heavy (non-hydrogen) atoms. The number of rotatable bonds is 2. The van der Waals surface area contributed by atoms with Crippen LogP contribution in [0.5, 0.6) is 0 Å². The molecule has 0 unspecified atom stereocenters. The smallest absolute Gasteiger partial charge is 0.291 e. The van der Waals surface area contributed by atoms with E-state index in [1.165, 1.54) is 0 Å². The van der Waals surface area contributed by atoms with Crippen LogP contribution in [0, 0.1) is 11.8 Å². The minimum atomic E-state index is -0.325. The maximum absolute atomic E-state index is 11.7. The van der Waals surface area contributed by atoms with Crippen LogP contribution in [0.25, 0.3) is 17.0 Å². The Morgan fingerprint density at radius 1 is 1.33 bits per heavy atom. The Morgan fingerprint density at radius 3 is 2.90 bits per heavy atom. The number of nitrogens with zero attached hydrogens (tertiary/aromatic N) is 1. The Kier molecular flexibility index (Phi) is 3.55. The molecule has 1 N–H and O–H groups in total. The second-order valence-corrected chi connectivity index (χ2v) is 5.46. The average Bonchev–Trinajstić information content (AvgIpc) is 3.01. The zero-order valence-corrected chi connectivity index (χ0v) is 12.2. The number of carbonyl (C=O) groups excluding carboxylic acids is 2. The van der Waals surface area contributed by atoms with Crippen LogP contribution in [-0.2, 0) is 11.3 Å². The van der Waals surface area contributed by atoms with Gasteiger partial charge in [-0.15, -0.1) is 5.92 Å². The Balaban J connectivity index is 2.05. The number of amides is 1. The number of aromatic nitrogens is 1. The lowest BCUT2D eigenvalue weighted by Gasteiger charge is -2.02. The summed E-state index contributed by atoms with van der Waals surface area (Å²) in [6.07, 6.45) is 3.69. The molecule has 2 heterocycles. The molecule has 1 amide bonds. The summed E-state index contributed by atoms with van der Waals surface area (Å²) >= 11 is 0.689. The lowest BCUT2D eigenvalue weighted by molar-refractivity contribution is -0.107. The molecule has 5 heteroatoms. The average molecular weight is 296 g/mol. The van der Waals surface area contributed by atoms with Crippen LogP contribution in [0.1, 0.15) is 12.5 Å². The highest BCUT2D eigenvalue weighted by atomic mass is 32.2. The summed E-state index contributed by atoms with van der Waals surface area (Å²) in [5, 5.41) is 3.03. The lowest BCUT2D eigenvalue weighted by atomic mass is 10.1. The van der Waals surface area contributed by atoms with Crippen molar-refractivity contribution in [3.8, 4) is 11.8 Å². The van der Waals surface area contributed by atoms with E-state index >= 15 is 0 Å². The van der Waals surface area contributed by atoms with Gasteiger partial charge in [-0.3, -0.25) is 9.59 Å². The summed E-state index contributed by atoms with van der Waals surface area (Å²) in [7, 11) is 0. The molecule has 4 nitrogen and oxygen atoms in total. The molecule has 0 aliphatic carbocycles. The highest BCUT2D eigenvalue weighted by Gasteiger charge is 2.25. The Hall–Kier alpha value is -2.45. The van der Waals surface area contributed by atoms with Crippen molar-refractivity contribution in [2.75, 3.05) is 0 Å². The van der Waals surface area contributed by atoms with E-state index in [2.05, 4.69) is 21.7 Å². The molecule has 1 saturated heterocycles. The topological polar surface area (TPSA) is 51.1 Å². The lowest BCUT2D eigenvalue weighted by Crippen LogP contribution is -2.10. The summed E-state index contributed by atoms with van der Waals surface area (Å²) in [5.41, 5.74) is 2.29. The number of nitrogens with one attached hydrogen (secondary N) is 1. The summed E-state index contributed by atoms with van der Waals surface area (Å²) in [6.45, 7) is 2.44. The van der Waals surface area contributed by atoms with E-state index in [1.807, 2.05) is 37.4 Å². The van der Waals surface area contributed by atoms with Crippen molar-refractivity contribution in [2.24, 2.45) is 0 Å². The van der Waals surface area contributed by atoms with Crippen molar-refractivity contribution in [3.63, 3.8) is 0 Å². The van der Waals surface area contributed by atoms with Crippen molar-refractivity contribution in [1.82, 2.24) is 9.88 Å². The van der Waals surface area contributed by atoms with Crippen LogP contribution in [0.4, 0.5) is 4.79 Å². The number of fused-ring (bicyclic) bond motifs is 1. The van der Waals surface area contributed by atoms with Gasteiger partial charge in [0.15, 0.2) is 0 Å². The molecule has 1 fully saturated rings. The first kappa shape index (κ1) is 13.5. The molecule has 1 aromatic heterocycles. The Bertz CT molecular complexity index is 837. The van der Waals surface area contributed by atoms with Crippen LogP contribution >= 0.6 is 11.8 Å². The number of hydrogen-bond acceptors (Lipinski definition) is 3. The monoisotopic (exact) mass is 296 g/mol. The third kappa shape index (κ3) is 2.58. The van der Waals surface area contributed by atoms with Gasteiger partial charge in [0.05, 0.1) is 12.2 Å². The molecule has 3 rings (SSSR count). The van der Waals surface area contributed by atoms with Gasteiger partial charge in [-0.05, 0) is 30.7 Å². The third-order valence-corrected chi connectivity index (χ3v) is 3.91. The van der Waals surface area contributed by atoms with Gasteiger partial charge < -0.3 is 9.88 Å². The van der Waals surface area contributed by atoms with E-state index in [0.717, 1.165) is 16.5 Å². The van der Waals surface area contributed by atoms with E-state index < -0.39 is 0 Å². The van der Waals surface area contributed by atoms with Gasteiger partial charge in [0.2, 0.25) is 5.12 Å². The van der Waals surface area contributed by atoms with Crippen molar-refractivity contribution in [1.29, 1.82) is 0 Å². The van der Waals surface area contributed by atoms with Crippen LogP contribution in [0.3, 0.4) is 0 Å². The summed E-state index contributed by atoms with van der Waals surface area (Å²) in [6, 6.07) is 7.86. The fourth-order valence-corrected chi connectivity index (χ4v) is 2.80. The standard InChI is InChI=1S/C16H12N2O2S/c1-2-3-8-18-9-7-12-11(5-4-6-14(12)18)10-13-15(19)21-16(20)17-13/h4-7,9-10H,8H2,1H3,(H,17,20). The molecular weight excluding hydrogens is 284 g/mol. The molecule has 0 bridgehead atoms. The zero-order valence-electron chi connectivity index (χ0n) is 11.3. The first-order chi connectivity index (χ1) is 10.2. The van der Waals surface area contributed by atoms with Gasteiger partial charge >= 0.3 is 0 Å². The predicted octanol–water partition coefficient (Wildman–Crippen LogP) is 2.99. The largest absolute Gasteiger partial charge is 0.336 e. The van der Waals surface area contributed by atoms with Crippen LogP contribution < -0.4 is 5.32 Å². The van der Waals surface area contributed by atoms with Crippen LogP contribution in [-0.4, -0.2) is 14.9 Å². The van der Waals surface area contributed by atoms with Crippen molar-refractivity contribution in [3.05, 3.63) is 41.7 Å². The third-order valence-electron chi connectivity index (χ3n) is 3.22. The number of carbonyl (C=O) groups is 2. The predicted molar refractivity (Wildman–Crippen MR) is 84.5 cm³/mol. The normalized spacial score (nSPS) is 16.1. The van der Waals surface area contributed by atoms with Gasteiger partial charge in [-0.2, -0.15) is 0 Å². The first-order valence-corrected chi connectivity index (χ1v) is 7.23. The van der Waals surface area contributed by atoms with E-state index in [1.54, 1.807) is 6.08 Å². The second kappa shape index (κ2) is 5.51. The molecule has 2 aromatic rings. The molecule has 0 spiro atoms. The highest BCUT2D eigenvalue weighted by Crippen LogP contribution is 2.25. The molecule has 0 radical (unpaired) electrons. The van der Waals surface area contributed by atoms with Gasteiger partial charge in [0.25, 0.3) is 5.24 Å². The minimum absolute atomic E-state index is 0.242. The van der Waals surface area contributed by atoms with Gasteiger partial charge in [-0.25, -0.2) is 0 Å². The molecule has 1 aromatic carbocycles. The molecule has 1 aliphatic heterocycles. The van der Waals surface area contributed by atoms with Crippen LogP contribution in [0.2, 0.25) is 0 Å². The Labute approximate surface area is 126 Å². The quantitative estimate of drug-likeness (QED) is 0.684. The molecule has 104 valence electrons. The SMILES string of the molecule is CC#CCn1ccc2c(C=C3NC(=O)SC3=O)cccc21. The second-order valence-electron chi connectivity index (χ2n) is 4.51. The minimum Gasteiger partial charge on any atom is -0.336 e. The maximum atomic E-state index is 11.7. The summed E-state index contributed by atoms with van der Waals surface area (Å²) < 4.78 is 2.05. The highest BCUT2D eigenvalue weighted by molar-refractivity contribution is 8.27. The maximum Gasteiger partial charge on any atom is 0.291 e. The number of hydrogen-bond donors (Lipinski definition) is 1. The number of benzene rings is 1. The van der Waals surface area contributed by atoms with Crippen molar-refractivity contribution < 1.29 is 9.59 Å². The van der Waals surface area contributed by atoms with Crippen molar-refractivity contribution >= 4 is 39.1 Å². The fraction of sp³-hybridized carbons (Fsp3) is 0.125. The number of thioether (sulfide) groups is 1. The zero-order chi connectivity index (χ0) is 14.8. The molecular formula is C16H12N2O2S. The van der Waals surface area contributed by atoms with Gasteiger partial charge in [0, 0.05) is 28.9 Å². The van der Waals surface area contributed by atoms with E-state index in [0.29, 0.717) is 24.0 Å². The fourth-order valence-electron chi connectivity index (χ4n) is 2.25. The van der Waals surface area contributed by atoms with Crippen LogP contribution in [0.15, 0.2) is 36.2 Å². The van der Waals surface area contributed by atoms with E-state index in [-0.39, 0.29) is 10.4 Å². The molecule has 0 atom stereocenters.